The van der Waals surface area contributed by atoms with Crippen molar-refractivity contribution in [3.05, 3.63) is 48.0 Å². The largest absolute Gasteiger partial charge is 0.494 e. The van der Waals surface area contributed by atoms with Crippen molar-refractivity contribution < 1.29 is 45.5 Å². The number of ether oxygens (including phenoxy) is 1. The molecule has 2 fully saturated rings. The smallest absolute Gasteiger partial charge is 0.486 e. The van der Waals surface area contributed by atoms with Crippen LogP contribution in [0.15, 0.2) is 47.4 Å². The van der Waals surface area contributed by atoms with E-state index < -0.39 is 63.0 Å². The van der Waals surface area contributed by atoms with E-state index in [2.05, 4.69) is 0 Å². The fourth-order valence-corrected chi connectivity index (χ4v) is 6.54. The van der Waals surface area contributed by atoms with Crippen molar-refractivity contribution in [3.63, 3.8) is 0 Å². The lowest BCUT2D eigenvalue weighted by Crippen LogP contribution is -2.51. The molecule has 0 spiro atoms. The van der Waals surface area contributed by atoms with Gasteiger partial charge in [0.15, 0.2) is 0 Å². The second-order valence-electron chi connectivity index (χ2n) is 11.3. The Morgan fingerprint density at radius 3 is 2.28 bits per heavy atom. The minimum Gasteiger partial charge on any atom is -0.486 e. The second-order valence-corrected chi connectivity index (χ2v) is 13.2. The molecule has 210 valence electrons. The lowest BCUT2D eigenvalue weighted by Gasteiger charge is -2.43. The van der Waals surface area contributed by atoms with Crippen LogP contribution in [0, 0.1) is 11.8 Å². The molecule has 5 rings (SSSR count). The van der Waals surface area contributed by atoms with Crippen molar-refractivity contribution >= 4 is 34.3 Å². The number of fused-ring (bicyclic) bond motifs is 1. The maximum atomic E-state index is 13.9. The van der Waals surface area contributed by atoms with Gasteiger partial charge in [-0.15, -0.1) is 0 Å². The number of carbonyl (C=O) groups is 1. The Bertz CT molecular complexity index is 1390. The molecule has 1 atom stereocenters. The van der Waals surface area contributed by atoms with Crippen molar-refractivity contribution in [1.29, 1.82) is 0 Å². The van der Waals surface area contributed by atoms with Crippen LogP contribution in [0.5, 0.6) is 5.75 Å². The predicted octanol–water partition coefficient (Wildman–Crippen LogP) is 4.07. The zero-order valence-corrected chi connectivity index (χ0v) is 22.7. The summed E-state index contributed by atoms with van der Waals surface area (Å²) < 4.78 is 87.4. The van der Waals surface area contributed by atoms with Crippen LogP contribution in [0.25, 0.3) is 0 Å². The normalized spacial score (nSPS) is 26.0. The molecule has 8 nitrogen and oxygen atoms in total. The molecule has 1 saturated heterocycles. The highest BCUT2D eigenvalue weighted by atomic mass is 32.2. The van der Waals surface area contributed by atoms with E-state index in [9.17, 15) is 31.5 Å². The fraction of sp³-hybridized carbons (Fsp3) is 0.500. The number of aliphatic carboxylic acids is 1. The number of carboxylic acid groups (broad SMARTS) is 1. The number of anilines is 1. The monoisotopic (exact) mass is 567 g/mol. The molecule has 39 heavy (non-hydrogen) atoms. The number of hydrogen-bond donors (Lipinski definition) is 1. The molecule has 2 heterocycles. The highest BCUT2D eigenvalue weighted by Gasteiger charge is 2.52. The molecular weight excluding hydrogens is 538 g/mol. The molecule has 0 aromatic heterocycles. The van der Waals surface area contributed by atoms with Gasteiger partial charge in [0.2, 0.25) is 0 Å². The number of halogens is 3. The first kappa shape index (κ1) is 27.8. The lowest BCUT2D eigenvalue weighted by molar-refractivity contribution is -0.147. The number of hydrogen-bond acceptors (Lipinski definition) is 6. The van der Waals surface area contributed by atoms with E-state index in [0.717, 1.165) is 22.5 Å². The number of rotatable bonds is 5. The lowest BCUT2D eigenvalue weighted by atomic mass is 9.71. The third kappa shape index (κ3) is 4.89. The van der Waals surface area contributed by atoms with Crippen molar-refractivity contribution in [2.75, 3.05) is 10.8 Å². The second kappa shape index (κ2) is 9.14. The van der Waals surface area contributed by atoms with Gasteiger partial charge < -0.3 is 19.2 Å². The third-order valence-corrected chi connectivity index (χ3v) is 9.98. The standard InChI is InChI=1S/C26H29BF3NO7S/c1-24(2)25(3,4)38-27(37-24)18-8-9-21-20(13-18)31(14-22(36-21)15-10-16(11-15)23(32)33)39(34,35)19-7-5-6-17(12-19)26(28,29)30/h5-9,12-13,15-16,22H,10-11,14H2,1-4H3,(H,32,33). The maximum Gasteiger partial charge on any atom is 0.494 e. The van der Waals surface area contributed by atoms with Crippen LogP contribution in [0.2, 0.25) is 0 Å². The number of carboxylic acids is 1. The Morgan fingerprint density at radius 2 is 1.69 bits per heavy atom. The van der Waals surface area contributed by atoms with Crippen LogP contribution in [0.1, 0.15) is 46.1 Å². The summed E-state index contributed by atoms with van der Waals surface area (Å²) in [6.07, 6.45) is -4.76. The van der Waals surface area contributed by atoms with Gasteiger partial charge in [-0.3, -0.25) is 9.10 Å². The van der Waals surface area contributed by atoms with Gasteiger partial charge in [0, 0.05) is 0 Å². The van der Waals surface area contributed by atoms with Gasteiger partial charge in [-0.25, -0.2) is 8.42 Å². The van der Waals surface area contributed by atoms with Crippen LogP contribution in [-0.2, 0) is 30.3 Å². The third-order valence-electron chi connectivity index (χ3n) is 8.20. The van der Waals surface area contributed by atoms with Gasteiger partial charge in [0.25, 0.3) is 10.0 Å². The Morgan fingerprint density at radius 1 is 1.05 bits per heavy atom. The van der Waals surface area contributed by atoms with Gasteiger partial charge in [0.05, 0.1) is 39.8 Å². The fourth-order valence-electron chi connectivity index (χ4n) is 5.02. The Kier molecular flexibility index (Phi) is 6.51. The summed E-state index contributed by atoms with van der Waals surface area (Å²) in [7, 11) is -5.28. The summed E-state index contributed by atoms with van der Waals surface area (Å²) in [5, 5.41) is 9.27. The molecule has 2 aromatic rings. The number of benzene rings is 2. The Hall–Kier alpha value is -2.77. The summed E-state index contributed by atoms with van der Waals surface area (Å²) >= 11 is 0. The molecular formula is C26H29BF3NO7S. The summed E-state index contributed by atoms with van der Waals surface area (Å²) in [5.74, 6) is -1.47. The Balaban J connectivity index is 1.54. The average Bonchev–Trinajstić information content (AvgIpc) is 3.03. The molecule has 1 saturated carbocycles. The molecule has 0 amide bonds. The number of sulfonamides is 1. The SMILES string of the molecule is CC1(C)OB(c2ccc3c(c2)N(S(=O)(=O)c2cccc(C(F)(F)F)c2)CC(C2CC(C(=O)O)C2)O3)OC1(C)C. The topological polar surface area (TPSA) is 102 Å². The van der Waals surface area contributed by atoms with Gasteiger partial charge in [-0.1, -0.05) is 12.1 Å². The van der Waals surface area contributed by atoms with E-state index >= 15 is 0 Å². The molecule has 3 aliphatic rings. The summed E-state index contributed by atoms with van der Waals surface area (Å²) in [6, 6.07) is 8.44. The van der Waals surface area contributed by atoms with Crippen molar-refractivity contribution in [2.24, 2.45) is 11.8 Å². The minimum absolute atomic E-state index is 0.144. The molecule has 1 unspecified atom stereocenters. The minimum atomic E-state index is -4.72. The van der Waals surface area contributed by atoms with Crippen molar-refractivity contribution in [1.82, 2.24) is 0 Å². The van der Waals surface area contributed by atoms with Gasteiger partial charge in [-0.05, 0) is 82.2 Å². The van der Waals surface area contributed by atoms with Crippen LogP contribution in [0.4, 0.5) is 18.9 Å². The molecule has 0 bridgehead atoms. The average molecular weight is 567 g/mol. The van der Waals surface area contributed by atoms with Gasteiger partial charge >= 0.3 is 19.3 Å². The molecule has 13 heteroatoms. The molecule has 1 aliphatic carbocycles. The first-order valence-electron chi connectivity index (χ1n) is 12.6. The van der Waals surface area contributed by atoms with E-state index in [1.165, 1.54) is 0 Å². The number of alkyl halides is 3. The first-order valence-corrected chi connectivity index (χ1v) is 14.0. The number of nitrogens with zero attached hydrogens (tertiary/aromatic N) is 1. The van der Waals surface area contributed by atoms with Crippen molar-refractivity contribution in [3.8, 4) is 5.75 Å². The highest BCUT2D eigenvalue weighted by molar-refractivity contribution is 7.92. The maximum absolute atomic E-state index is 13.9. The zero-order chi connectivity index (χ0) is 28.5. The van der Waals surface area contributed by atoms with Gasteiger partial charge in [0.1, 0.15) is 11.9 Å². The molecule has 0 radical (unpaired) electrons. The van der Waals surface area contributed by atoms with E-state index in [4.69, 9.17) is 14.0 Å². The molecule has 2 aliphatic heterocycles. The van der Waals surface area contributed by atoms with E-state index in [1.54, 1.807) is 18.2 Å². The van der Waals surface area contributed by atoms with Gasteiger partial charge in [-0.2, -0.15) is 13.2 Å². The predicted molar refractivity (Wildman–Crippen MR) is 136 cm³/mol. The first-order chi connectivity index (χ1) is 18.0. The van der Waals surface area contributed by atoms with Crippen LogP contribution < -0.4 is 14.5 Å². The van der Waals surface area contributed by atoms with Crippen LogP contribution >= 0.6 is 0 Å². The Labute approximate surface area is 225 Å². The highest BCUT2D eigenvalue weighted by Crippen LogP contribution is 2.45. The zero-order valence-electron chi connectivity index (χ0n) is 21.9. The van der Waals surface area contributed by atoms with Crippen LogP contribution in [-0.4, -0.2) is 50.5 Å². The van der Waals surface area contributed by atoms with Crippen molar-refractivity contribution in [2.45, 2.75) is 68.9 Å². The molecule has 1 N–H and O–H groups in total. The van der Waals surface area contributed by atoms with Crippen LogP contribution in [0.3, 0.4) is 0 Å². The summed E-state index contributed by atoms with van der Waals surface area (Å²) in [5.41, 5.74) is -1.71. The van der Waals surface area contributed by atoms with E-state index in [1.807, 2.05) is 27.7 Å². The van der Waals surface area contributed by atoms with E-state index in [-0.39, 0.29) is 23.9 Å². The molecule has 2 aromatic carbocycles. The summed E-state index contributed by atoms with van der Waals surface area (Å²) in [4.78, 5) is 10.8. The quantitative estimate of drug-likeness (QED) is 0.544. The summed E-state index contributed by atoms with van der Waals surface area (Å²) in [6.45, 7) is 7.34. The van der Waals surface area contributed by atoms with E-state index in [0.29, 0.717) is 24.4 Å².